The molecule has 9 nitrogen and oxygen atoms in total. The van der Waals surface area contributed by atoms with Crippen molar-refractivity contribution in [1.82, 2.24) is 15.5 Å². The number of ether oxygens (including phenoxy) is 2. The summed E-state index contributed by atoms with van der Waals surface area (Å²) in [5, 5.41) is 5.21. The van der Waals surface area contributed by atoms with Crippen molar-refractivity contribution >= 4 is 23.9 Å². The minimum absolute atomic E-state index is 0.00704. The molecule has 0 aliphatic rings. The van der Waals surface area contributed by atoms with Crippen LogP contribution in [0.5, 0.6) is 0 Å². The monoisotopic (exact) mass is 461 g/mol. The molecule has 3 amide bonds. The van der Waals surface area contributed by atoms with Gasteiger partial charge in [-0.15, -0.1) is 6.58 Å². The molecule has 0 radical (unpaired) electrons. The molecular formula is C24H35N3O6. The maximum absolute atomic E-state index is 13.3. The number of nitrogens with one attached hydrogen (secondary N) is 2. The van der Waals surface area contributed by atoms with Crippen LogP contribution in [-0.4, -0.2) is 60.1 Å². The van der Waals surface area contributed by atoms with Crippen LogP contribution >= 0.6 is 0 Å². The highest BCUT2D eigenvalue weighted by Crippen LogP contribution is 2.22. The average molecular weight is 462 g/mol. The molecule has 182 valence electrons. The van der Waals surface area contributed by atoms with Gasteiger partial charge in [0.1, 0.15) is 17.7 Å². The van der Waals surface area contributed by atoms with E-state index in [1.165, 1.54) is 17.9 Å². The molecular weight excluding hydrogens is 426 g/mol. The molecule has 0 bridgehead atoms. The Labute approximate surface area is 195 Å². The molecule has 0 heterocycles. The highest BCUT2D eigenvalue weighted by atomic mass is 16.6. The lowest BCUT2D eigenvalue weighted by molar-refractivity contribution is -0.144. The standard InChI is InChI=1S/C24H35N3O6/c1-7-16-27(22(30)17(3)26-23(31)33-24(4,5)6)20(18-12-10-9-11-13-18)21(29)25-15-14-19(28)32-8-2/h7,9-13,17,20H,1,8,14-16H2,2-6H3,(H,25,29)(H,26,31). The normalized spacial score (nSPS) is 12.6. The SMILES string of the molecule is C=CCN(C(=O)C(C)NC(=O)OC(C)(C)C)C(C(=O)NCCC(=O)OCC)c1ccccc1. The van der Waals surface area contributed by atoms with Crippen LogP contribution in [0.4, 0.5) is 4.79 Å². The van der Waals surface area contributed by atoms with Crippen molar-refractivity contribution in [3.8, 4) is 0 Å². The van der Waals surface area contributed by atoms with E-state index in [9.17, 15) is 19.2 Å². The molecule has 0 fully saturated rings. The number of benzene rings is 1. The molecule has 1 rings (SSSR count). The minimum Gasteiger partial charge on any atom is -0.466 e. The Morgan fingerprint density at radius 3 is 2.33 bits per heavy atom. The van der Waals surface area contributed by atoms with Gasteiger partial charge >= 0.3 is 12.1 Å². The summed E-state index contributed by atoms with van der Waals surface area (Å²) in [7, 11) is 0. The van der Waals surface area contributed by atoms with Crippen LogP contribution in [0, 0.1) is 0 Å². The molecule has 33 heavy (non-hydrogen) atoms. The fourth-order valence-electron chi connectivity index (χ4n) is 2.98. The Morgan fingerprint density at radius 2 is 1.79 bits per heavy atom. The van der Waals surface area contributed by atoms with E-state index in [2.05, 4.69) is 17.2 Å². The number of hydrogen-bond acceptors (Lipinski definition) is 6. The van der Waals surface area contributed by atoms with Crippen LogP contribution in [0.25, 0.3) is 0 Å². The summed E-state index contributed by atoms with van der Waals surface area (Å²) in [4.78, 5) is 51.5. The summed E-state index contributed by atoms with van der Waals surface area (Å²) >= 11 is 0. The van der Waals surface area contributed by atoms with E-state index in [0.717, 1.165) is 0 Å². The molecule has 2 atom stereocenters. The number of esters is 1. The van der Waals surface area contributed by atoms with Gasteiger partial charge in [0.2, 0.25) is 11.8 Å². The van der Waals surface area contributed by atoms with E-state index in [1.807, 2.05) is 0 Å². The molecule has 0 saturated carbocycles. The predicted octanol–water partition coefficient (Wildman–Crippen LogP) is 2.72. The second-order valence-electron chi connectivity index (χ2n) is 8.31. The van der Waals surface area contributed by atoms with Gasteiger partial charge in [-0.2, -0.15) is 0 Å². The second-order valence-corrected chi connectivity index (χ2v) is 8.31. The molecule has 0 saturated heterocycles. The molecule has 1 aromatic rings. The van der Waals surface area contributed by atoms with Crippen LogP contribution in [-0.2, 0) is 23.9 Å². The van der Waals surface area contributed by atoms with E-state index < -0.39 is 41.6 Å². The van der Waals surface area contributed by atoms with E-state index in [4.69, 9.17) is 9.47 Å². The van der Waals surface area contributed by atoms with Gasteiger partial charge in [0.15, 0.2) is 0 Å². The van der Waals surface area contributed by atoms with Crippen LogP contribution in [0.15, 0.2) is 43.0 Å². The fourth-order valence-corrected chi connectivity index (χ4v) is 2.98. The zero-order valence-electron chi connectivity index (χ0n) is 20.1. The number of hydrogen-bond donors (Lipinski definition) is 2. The lowest BCUT2D eigenvalue weighted by Gasteiger charge is -2.33. The van der Waals surface area contributed by atoms with Crippen LogP contribution < -0.4 is 10.6 Å². The van der Waals surface area contributed by atoms with Gasteiger partial charge in [-0.1, -0.05) is 36.4 Å². The first kappa shape index (κ1) is 27.7. The minimum atomic E-state index is -0.998. The highest BCUT2D eigenvalue weighted by Gasteiger charge is 2.34. The van der Waals surface area contributed by atoms with E-state index in [0.29, 0.717) is 5.56 Å². The summed E-state index contributed by atoms with van der Waals surface area (Å²) < 4.78 is 10.1. The van der Waals surface area contributed by atoms with Crippen molar-refractivity contribution in [3.05, 3.63) is 48.6 Å². The number of carbonyl (C=O) groups is 4. The van der Waals surface area contributed by atoms with Crippen LogP contribution in [0.2, 0.25) is 0 Å². The molecule has 9 heteroatoms. The smallest absolute Gasteiger partial charge is 0.408 e. The fraction of sp³-hybridized carbons (Fsp3) is 0.500. The Hall–Kier alpha value is -3.36. The van der Waals surface area contributed by atoms with Gasteiger partial charge < -0.3 is 25.0 Å². The Kier molecular flexibility index (Phi) is 11.1. The number of carbonyl (C=O) groups excluding carboxylic acids is 4. The van der Waals surface area contributed by atoms with Gasteiger partial charge in [0, 0.05) is 13.1 Å². The lowest BCUT2D eigenvalue weighted by Crippen LogP contribution is -2.52. The summed E-state index contributed by atoms with van der Waals surface area (Å²) in [5.41, 5.74) is -0.148. The first-order valence-electron chi connectivity index (χ1n) is 10.9. The van der Waals surface area contributed by atoms with E-state index in [-0.39, 0.29) is 26.1 Å². The van der Waals surface area contributed by atoms with Crippen molar-refractivity contribution in [2.45, 2.75) is 58.7 Å². The van der Waals surface area contributed by atoms with Crippen molar-refractivity contribution in [3.63, 3.8) is 0 Å². The van der Waals surface area contributed by atoms with E-state index in [1.54, 1.807) is 58.0 Å². The van der Waals surface area contributed by atoms with Gasteiger partial charge in [0.05, 0.1) is 13.0 Å². The molecule has 0 aliphatic heterocycles. The Bertz CT molecular complexity index is 819. The average Bonchev–Trinajstić information content (AvgIpc) is 2.72. The van der Waals surface area contributed by atoms with Crippen LogP contribution in [0.1, 0.15) is 52.6 Å². The highest BCUT2D eigenvalue weighted by molar-refractivity contribution is 5.92. The zero-order chi connectivity index (χ0) is 25.0. The maximum Gasteiger partial charge on any atom is 0.408 e. The number of rotatable bonds is 11. The molecule has 0 spiro atoms. The summed E-state index contributed by atoms with van der Waals surface area (Å²) in [6.45, 7) is 12.4. The van der Waals surface area contributed by atoms with Gasteiger partial charge in [0.25, 0.3) is 0 Å². The summed E-state index contributed by atoms with van der Waals surface area (Å²) in [6.07, 6.45) is 0.768. The zero-order valence-corrected chi connectivity index (χ0v) is 20.1. The number of alkyl carbamates (subject to hydrolysis) is 1. The summed E-state index contributed by atoms with van der Waals surface area (Å²) in [6, 6.07) is 6.81. The number of amides is 3. The molecule has 0 aromatic heterocycles. The third kappa shape index (κ3) is 9.76. The third-order valence-electron chi connectivity index (χ3n) is 4.32. The van der Waals surface area contributed by atoms with Crippen molar-refractivity contribution < 1.29 is 28.7 Å². The van der Waals surface area contributed by atoms with Crippen molar-refractivity contribution in [2.75, 3.05) is 19.7 Å². The molecule has 2 unspecified atom stereocenters. The van der Waals surface area contributed by atoms with Crippen molar-refractivity contribution in [2.24, 2.45) is 0 Å². The Balaban J connectivity index is 3.08. The first-order chi connectivity index (χ1) is 15.5. The number of nitrogens with zero attached hydrogens (tertiary/aromatic N) is 1. The van der Waals surface area contributed by atoms with Crippen molar-refractivity contribution in [1.29, 1.82) is 0 Å². The maximum atomic E-state index is 13.3. The quantitative estimate of drug-likeness (QED) is 0.387. The molecule has 1 aromatic carbocycles. The summed E-state index contributed by atoms with van der Waals surface area (Å²) in [5.74, 6) is -1.39. The third-order valence-corrected chi connectivity index (χ3v) is 4.32. The largest absolute Gasteiger partial charge is 0.466 e. The second kappa shape index (κ2) is 13.2. The molecule has 0 aliphatic carbocycles. The van der Waals surface area contributed by atoms with Crippen LogP contribution in [0.3, 0.4) is 0 Å². The topological polar surface area (TPSA) is 114 Å². The van der Waals surface area contributed by atoms with Gasteiger partial charge in [-0.25, -0.2) is 4.79 Å². The van der Waals surface area contributed by atoms with Gasteiger partial charge in [-0.05, 0) is 40.2 Å². The molecule has 2 N–H and O–H groups in total. The van der Waals surface area contributed by atoms with Gasteiger partial charge in [-0.3, -0.25) is 14.4 Å². The van der Waals surface area contributed by atoms with E-state index >= 15 is 0 Å². The first-order valence-corrected chi connectivity index (χ1v) is 10.9. The Morgan fingerprint density at radius 1 is 1.15 bits per heavy atom. The lowest BCUT2D eigenvalue weighted by atomic mass is 10.0. The predicted molar refractivity (Wildman–Crippen MR) is 124 cm³/mol.